The van der Waals surface area contributed by atoms with E-state index in [0.29, 0.717) is 53.7 Å². The normalized spacial score (nSPS) is 16.4. The summed E-state index contributed by atoms with van der Waals surface area (Å²) in [5, 5.41) is 5.47. The van der Waals surface area contributed by atoms with Crippen LogP contribution in [-0.4, -0.2) is 49.3 Å². The lowest BCUT2D eigenvalue weighted by atomic mass is 9.98. The van der Waals surface area contributed by atoms with Crippen molar-refractivity contribution in [3.05, 3.63) is 60.4 Å². The predicted octanol–water partition coefficient (Wildman–Crippen LogP) is 4.62. The zero-order valence-electron chi connectivity index (χ0n) is 19.8. The number of ether oxygens (including phenoxy) is 1. The topological polar surface area (TPSA) is 99.2 Å². The van der Waals surface area contributed by atoms with Gasteiger partial charge in [-0.15, -0.1) is 6.42 Å². The first-order valence-corrected chi connectivity index (χ1v) is 12.3. The van der Waals surface area contributed by atoms with Crippen LogP contribution < -0.4 is 10.5 Å². The maximum Gasteiger partial charge on any atom is 0.272 e. The largest absolute Gasteiger partial charge is 0.457 e. The number of rotatable bonds is 6. The molecule has 1 saturated heterocycles. The summed E-state index contributed by atoms with van der Waals surface area (Å²) in [4.78, 5) is 22.1. The van der Waals surface area contributed by atoms with Gasteiger partial charge >= 0.3 is 0 Å². The van der Waals surface area contributed by atoms with Crippen molar-refractivity contribution in [3.63, 3.8) is 0 Å². The number of anilines is 1. The van der Waals surface area contributed by atoms with Gasteiger partial charge in [-0.25, -0.2) is 19.0 Å². The number of fused-ring (bicyclic) bond motifs is 1. The second-order valence-corrected chi connectivity index (χ2v) is 9.26. The molecule has 1 amide bonds. The lowest BCUT2D eigenvalue weighted by Crippen LogP contribution is -2.43. The molecule has 2 aromatic heterocycles. The van der Waals surface area contributed by atoms with Crippen molar-refractivity contribution in [1.29, 1.82) is 0 Å². The smallest absolute Gasteiger partial charge is 0.272 e. The number of hydrogen-bond donors (Lipinski definition) is 1. The zero-order valence-corrected chi connectivity index (χ0v) is 20.6. The standard InChI is InChI=1S/C27H24ClFN6O2/c1-2-17-5-3-7-21(13-17)37-20-10-8-19(9-11-20)23-22-25(30)31-16-32-26(22)35(33-23)15-18-6-4-12-34(14-18)27(36)24(28)29/h1,3,5,7-11,13,16,18,24H,4,6,12,14-15H2,(H2,30,31,32)/t18-,24?/m1/s1. The van der Waals surface area contributed by atoms with Crippen LogP contribution in [0.3, 0.4) is 0 Å². The predicted molar refractivity (Wildman–Crippen MR) is 140 cm³/mol. The Balaban J connectivity index is 1.41. The van der Waals surface area contributed by atoms with Gasteiger partial charge in [0.1, 0.15) is 29.3 Å². The number of terminal acetylenes is 1. The number of carbonyl (C=O) groups is 1. The third kappa shape index (κ3) is 5.20. The number of likely N-dealkylation sites (tertiary alicyclic amines) is 1. The van der Waals surface area contributed by atoms with Gasteiger partial charge in [-0.2, -0.15) is 5.10 Å². The number of amides is 1. The summed E-state index contributed by atoms with van der Waals surface area (Å²) in [5.41, 5.74) is 7.00. The van der Waals surface area contributed by atoms with Crippen molar-refractivity contribution in [2.75, 3.05) is 18.8 Å². The van der Waals surface area contributed by atoms with E-state index in [1.807, 2.05) is 42.5 Å². The van der Waals surface area contributed by atoms with Crippen molar-refractivity contribution >= 4 is 34.4 Å². The summed E-state index contributed by atoms with van der Waals surface area (Å²) in [5.74, 6) is 3.57. The van der Waals surface area contributed by atoms with Gasteiger partial charge in [-0.3, -0.25) is 4.79 Å². The monoisotopic (exact) mass is 518 g/mol. The van der Waals surface area contributed by atoms with Gasteiger partial charge in [0.2, 0.25) is 0 Å². The molecule has 3 heterocycles. The molecule has 2 N–H and O–H groups in total. The fourth-order valence-electron chi connectivity index (χ4n) is 4.62. The first-order valence-electron chi connectivity index (χ1n) is 11.8. The van der Waals surface area contributed by atoms with Crippen LogP contribution in [0.2, 0.25) is 0 Å². The van der Waals surface area contributed by atoms with Crippen molar-refractivity contribution in [3.8, 4) is 35.1 Å². The molecule has 2 atom stereocenters. The fourth-order valence-corrected chi connectivity index (χ4v) is 4.76. The SMILES string of the molecule is C#Cc1cccc(Oc2ccc(-c3nn(C[C@@H]4CCCN(C(=O)C(F)Cl)C4)c4ncnc(N)c34)cc2)c1. The Morgan fingerprint density at radius 1 is 1.24 bits per heavy atom. The van der Waals surface area contributed by atoms with Crippen molar-refractivity contribution < 1.29 is 13.9 Å². The molecule has 1 fully saturated rings. The molecule has 2 aromatic carbocycles. The minimum atomic E-state index is -2.03. The summed E-state index contributed by atoms with van der Waals surface area (Å²) in [6.07, 6.45) is 8.50. The van der Waals surface area contributed by atoms with E-state index >= 15 is 0 Å². The highest BCUT2D eigenvalue weighted by Gasteiger charge is 2.29. The summed E-state index contributed by atoms with van der Waals surface area (Å²) in [6, 6.07) is 14.8. The van der Waals surface area contributed by atoms with Crippen molar-refractivity contribution in [2.24, 2.45) is 5.92 Å². The van der Waals surface area contributed by atoms with E-state index in [0.717, 1.165) is 24.0 Å². The Morgan fingerprint density at radius 3 is 2.81 bits per heavy atom. The molecule has 0 radical (unpaired) electrons. The van der Waals surface area contributed by atoms with Gasteiger partial charge in [0, 0.05) is 30.8 Å². The zero-order chi connectivity index (χ0) is 25.9. The van der Waals surface area contributed by atoms with E-state index in [4.69, 9.17) is 33.6 Å². The Bertz CT molecular complexity index is 1480. The summed E-state index contributed by atoms with van der Waals surface area (Å²) in [7, 11) is 0. The molecule has 0 saturated carbocycles. The van der Waals surface area contributed by atoms with Crippen LogP contribution in [0.5, 0.6) is 11.5 Å². The Morgan fingerprint density at radius 2 is 2.05 bits per heavy atom. The number of aromatic nitrogens is 4. The molecule has 0 bridgehead atoms. The second kappa shape index (κ2) is 10.4. The minimum absolute atomic E-state index is 0.0646. The number of halogens is 2. The van der Waals surface area contributed by atoms with Crippen LogP contribution in [0.1, 0.15) is 18.4 Å². The van der Waals surface area contributed by atoms with E-state index in [1.54, 1.807) is 10.7 Å². The summed E-state index contributed by atoms with van der Waals surface area (Å²) in [6.45, 7) is 1.38. The molecular weight excluding hydrogens is 495 g/mol. The number of hydrogen-bond acceptors (Lipinski definition) is 6. The average molecular weight is 519 g/mol. The average Bonchev–Trinajstić information content (AvgIpc) is 3.28. The van der Waals surface area contributed by atoms with Crippen molar-refractivity contribution in [2.45, 2.75) is 25.0 Å². The lowest BCUT2D eigenvalue weighted by molar-refractivity contribution is -0.135. The van der Waals surface area contributed by atoms with Gasteiger partial charge in [0.05, 0.1) is 5.39 Å². The van der Waals surface area contributed by atoms with Crippen LogP contribution in [-0.2, 0) is 11.3 Å². The molecule has 1 aliphatic heterocycles. The lowest BCUT2D eigenvalue weighted by Gasteiger charge is -2.32. The van der Waals surface area contributed by atoms with Gasteiger partial charge in [-0.1, -0.05) is 23.6 Å². The molecule has 188 valence electrons. The molecular formula is C27H24ClFN6O2. The number of piperidine rings is 1. The summed E-state index contributed by atoms with van der Waals surface area (Å²) >= 11 is 5.38. The van der Waals surface area contributed by atoms with Crippen LogP contribution in [0.25, 0.3) is 22.3 Å². The Kier molecular flexibility index (Phi) is 6.93. The number of nitrogens with zero attached hydrogens (tertiary/aromatic N) is 5. The molecule has 1 aliphatic rings. The minimum Gasteiger partial charge on any atom is -0.457 e. The number of nitrogens with two attached hydrogens (primary N) is 1. The first kappa shape index (κ1) is 24.5. The number of nitrogen functional groups attached to an aromatic ring is 1. The first-order chi connectivity index (χ1) is 17.9. The third-order valence-electron chi connectivity index (χ3n) is 6.37. The number of carbonyl (C=O) groups excluding carboxylic acids is 1. The number of alkyl halides is 2. The maximum atomic E-state index is 13.4. The Hall–Kier alpha value is -4.16. The van der Waals surface area contributed by atoms with Gasteiger partial charge in [-0.05, 0) is 61.2 Å². The van der Waals surface area contributed by atoms with Crippen molar-refractivity contribution in [1.82, 2.24) is 24.6 Å². The molecule has 5 rings (SSSR count). The molecule has 37 heavy (non-hydrogen) atoms. The summed E-state index contributed by atoms with van der Waals surface area (Å²) < 4.78 is 21.1. The highest BCUT2D eigenvalue weighted by atomic mass is 35.5. The molecule has 8 nitrogen and oxygen atoms in total. The van der Waals surface area contributed by atoms with Crippen LogP contribution in [0, 0.1) is 18.3 Å². The third-order valence-corrected chi connectivity index (χ3v) is 6.56. The van der Waals surface area contributed by atoms with E-state index in [-0.39, 0.29) is 5.92 Å². The number of benzene rings is 2. The van der Waals surface area contributed by atoms with Crippen LogP contribution in [0.15, 0.2) is 54.9 Å². The Labute approximate surface area is 218 Å². The molecule has 0 spiro atoms. The molecule has 4 aromatic rings. The van der Waals surface area contributed by atoms with Gasteiger partial charge in [0.25, 0.3) is 11.5 Å². The fraction of sp³-hybridized carbons (Fsp3) is 0.259. The highest BCUT2D eigenvalue weighted by molar-refractivity contribution is 6.29. The highest BCUT2D eigenvalue weighted by Crippen LogP contribution is 2.33. The molecule has 0 aliphatic carbocycles. The van der Waals surface area contributed by atoms with E-state index in [2.05, 4.69) is 15.9 Å². The van der Waals surface area contributed by atoms with Gasteiger partial charge < -0.3 is 15.4 Å². The van der Waals surface area contributed by atoms with E-state index < -0.39 is 11.5 Å². The quantitative estimate of drug-likeness (QED) is 0.295. The van der Waals surface area contributed by atoms with Crippen LogP contribution >= 0.6 is 11.6 Å². The van der Waals surface area contributed by atoms with Crippen LogP contribution in [0.4, 0.5) is 10.2 Å². The second-order valence-electron chi connectivity index (χ2n) is 8.88. The molecule has 10 heteroatoms. The molecule has 1 unspecified atom stereocenters. The maximum absolute atomic E-state index is 13.4. The van der Waals surface area contributed by atoms with Gasteiger partial charge in [0.15, 0.2) is 5.65 Å². The van der Waals surface area contributed by atoms with E-state index in [9.17, 15) is 9.18 Å². The van der Waals surface area contributed by atoms with E-state index in [1.165, 1.54) is 11.2 Å².